The highest BCUT2D eigenvalue weighted by atomic mass is 14.9. The van der Waals surface area contributed by atoms with Crippen LogP contribution in [-0.4, -0.2) is 22.0 Å². The maximum absolute atomic E-state index is 4.96. The van der Waals surface area contributed by atoms with Crippen LogP contribution in [0, 0.1) is 5.41 Å². The molecule has 0 radical (unpaired) electrons. The first-order valence-corrected chi connectivity index (χ1v) is 12.9. The molecule has 5 nitrogen and oxygen atoms in total. The number of rotatable bonds is 9. The van der Waals surface area contributed by atoms with Crippen LogP contribution < -0.4 is 10.6 Å². The topological polar surface area (TPSA) is 65.6 Å². The van der Waals surface area contributed by atoms with Crippen molar-refractivity contribution in [2.45, 2.75) is 34.1 Å². The lowest BCUT2D eigenvalue weighted by Gasteiger charge is -2.24. The quantitative estimate of drug-likeness (QED) is 0.259. The fraction of sp³-hybridized carbons (Fsp3) is 0.212. The molecule has 0 unspecified atom stereocenters. The summed E-state index contributed by atoms with van der Waals surface area (Å²) in [7, 11) is 1.92. The van der Waals surface area contributed by atoms with Crippen LogP contribution in [0.15, 0.2) is 98.2 Å². The Morgan fingerprint density at radius 1 is 1.16 bits per heavy atom. The van der Waals surface area contributed by atoms with Crippen LogP contribution in [0.25, 0.3) is 27.8 Å². The average molecular weight is 504 g/mol. The van der Waals surface area contributed by atoms with Gasteiger partial charge in [-0.2, -0.15) is 0 Å². The number of nitrogens with one attached hydrogen (secondary N) is 3. The maximum Gasteiger partial charge on any atom is 0.138 e. The SMILES string of the molecule is C=C/C(=C\C(=C/C)c1ccc(NC)c(C(=C)c2nc3c(C4=CCC=C4)cncc3[nH]2)c1)NC(=C)C(C)(C)C. The van der Waals surface area contributed by atoms with Crippen LogP contribution in [0.1, 0.15) is 56.6 Å². The molecular weight excluding hydrogens is 466 g/mol. The van der Waals surface area contributed by atoms with E-state index in [4.69, 9.17) is 4.98 Å². The molecule has 3 aromatic rings. The number of benzene rings is 1. The molecule has 0 saturated carbocycles. The number of hydrogen-bond donors (Lipinski definition) is 3. The molecule has 3 N–H and O–H groups in total. The Hall–Kier alpha value is -4.38. The Balaban J connectivity index is 1.72. The highest BCUT2D eigenvalue weighted by molar-refractivity contribution is 5.95. The molecule has 5 heteroatoms. The third kappa shape index (κ3) is 5.47. The van der Waals surface area contributed by atoms with Gasteiger partial charge in [-0.25, -0.2) is 4.98 Å². The second-order valence-electron chi connectivity index (χ2n) is 10.4. The molecule has 2 heterocycles. The van der Waals surface area contributed by atoms with E-state index in [1.54, 1.807) is 0 Å². The number of aromatic nitrogens is 3. The largest absolute Gasteiger partial charge is 0.388 e. The van der Waals surface area contributed by atoms with Gasteiger partial charge in [0.05, 0.1) is 17.2 Å². The van der Waals surface area contributed by atoms with Gasteiger partial charge in [0, 0.05) is 52.4 Å². The number of imidazole rings is 1. The van der Waals surface area contributed by atoms with Gasteiger partial charge in [0.1, 0.15) is 5.82 Å². The second kappa shape index (κ2) is 10.9. The fourth-order valence-electron chi connectivity index (χ4n) is 4.27. The van der Waals surface area contributed by atoms with Crippen LogP contribution in [0.2, 0.25) is 0 Å². The minimum Gasteiger partial charge on any atom is -0.388 e. The van der Waals surface area contributed by atoms with Crippen LogP contribution in [0.3, 0.4) is 0 Å². The van der Waals surface area contributed by atoms with Crippen molar-refractivity contribution >= 4 is 33.4 Å². The summed E-state index contributed by atoms with van der Waals surface area (Å²) in [5.41, 5.74) is 10.6. The standard InChI is InChI=1S/C33H37N5/c1-9-23(17-26(10-2)36-22(4)33(5,6)7)25-15-16-29(34-8)27(18-25)21(3)32-37-30-20-35-19-28(31(30)38-32)24-13-11-12-14-24/h9-11,13-20,34,36H,2-4,12H2,1,5-8H3,(H,37,38)/b23-9+,26-17+. The number of nitrogens with zero attached hydrogens (tertiary/aromatic N) is 2. The van der Waals surface area contributed by atoms with Gasteiger partial charge in [-0.3, -0.25) is 4.98 Å². The second-order valence-corrected chi connectivity index (χ2v) is 10.4. The summed E-state index contributed by atoms with van der Waals surface area (Å²) in [6.07, 6.45) is 17.1. The Labute approximate surface area is 226 Å². The number of anilines is 1. The van der Waals surface area contributed by atoms with Gasteiger partial charge in [0.2, 0.25) is 0 Å². The molecule has 0 fully saturated rings. The van der Waals surface area contributed by atoms with Crippen molar-refractivity contribution in [2.24, 2.45) is 5.41 Å². The Morgan fingerprint density at radius 2 is 1.95 bits per heavy atom. The maximum atomic E-state index is 4.96. The van der Waals surface area contributed by atoms with Gasteiger partial charge >= 0.3 is 0 Å². The monoisotopic (exact) mass is 503 g/mol. The van der Waals surface area contributed by atoms with E-state index in [9.17, 15) is 0 Å². The molecule has 1 aliphatic carbocycles. The van der Waals surface area contributed by atoms with Gasteiger partial charge < -0.3 is 15.6 Å². The number of pyridine rings is 1. The molecule has 194 valence electrons. The van der Waals surface area contributed by atoms with E-state index < -0.39 is 0 Å². The predicted molar refractivity (Wildman–Crippen MR) is 163 cm³/mol. The summed E-state index contributed by atoms with van der Waals surface area (Å²) in [6.45, 7) is 21.1. The predicted octanol–water partition coefficient (Wildman–Crippen LogP) is 8.03. The highest BCUT2D eigenvalue weighted by Crippen LogP contribution is 2.33. The van der Waals surface area contributed by atoms with Crippen LogP contribution >= 0.6 is 0 Å². The third-order valence-corrected chi connectivity index (χ3v) is 6.75. The summed E-state index contributed by atoms with van der Waals surface area (Å²) in [6, 6.07) is 6.33. The summed E-state index contributed by atoms with van der Waals surface area (Å²) >= 11 is 0. The van der Waals surface area contributed by atoms with Gasteiger partial charge in [0.15, 0.2) is 0 Å². The van der Waals surface area contributed by atoms with E-state index >= 15 is 0 Å². The number of allylic oxidation sites excluding steroid dienone is 9. The summed E-state index contributed by atoms with van der Waals surface area (Å²) < 4.78 is 0. The molecule has 38 heavy (non-hydrogen) atoms. The van der Waals surface area contributed by atoms with Crippen LogP contribution in [0.4, 0.5) is 5.69 Å². The summed E-state index contributed by atoms with van der Waals surface area (Å²) in [5, 5.41) is 6.72. The van der Waals surface area contributed by atoms with E-state index in [1.807, 2.05) is 32.4 Å². The number of hydrogen-bond acceptors (Lipinski definition) is 4. The first-order valence-electron chi connectivity index (χ1n) is 12.9. The number of fused-ring (bicyclic) bond motifs is 1. The molecule has 0 amide bonds. The van der Waals surface area contributed by atoms with E-state index in [1.165, 1.54) is 0 Å². The zero-order chi connectivity index (χ0) is 27.4. The molecule has 1 aliphatic rings. The van der Waals surface area contributed by atoms with Crippen molar-refractivity contribution in [1.82, 2.24) is 20.3 Å². The van der Waals surface area contributed by atoms with Gasteiger partial charge in [-0.05, 0) is 54.3 Å². The van der Waals surface area contributed by atoms with Gasteiger partial charge in [-0.15, -0.1) is 0 Å². The van der Waals surface area contributed by atoms with Crippen LogP contribution in [-0.2, 0) is 0 Å². The highest BCUT2D eigenvalue weighted by Gasteiger charge is 2.18. The Bertz CT molecular complexity index is 1530. The lowest BCUT2D eigenvalue weighted by Crippen LogP contribution is -2.22. The molecule has 0 atom stereocenters. The molecular formula is C33H37N5. The minimum atomic E-state index is -0.0654. The lowest BCUT2D eigenvalue weighted by molar-refractivity contribution is 0.478. The molecule has 0 bridgehead atoms. The molecule has 0 aliphatic heterocycles. The van der Waals surface area contributed by atoms with Crippen molar-refractivity contribution in [1.29, 1.82) is 0 Å². The Kier molecular flexibility index (Phi) is 7.67. The van der Waals surface area contributed by atoms with E-state index in [2.05, 4.69) is 110 Å². The van der Waals surface area contributed by atoms with E-state index in [0.717, 1.165) is 73.8 Å². The average Bonchev–Trinajstić information content (AvgIpc) is 3.60. The fourth-order valence-corrected chi connectivity index (χ4v) is 4.27. The van der Waals surface area contributed by atoms with E-state index in [0.29, 0.717) is 0 Å². The van der Waals surface area contributed by atoms with E-state index in [-0.39, 0.29) is 5.41 Å². The smallest absolute Gasteiger partial charge is 0.138 e. The number of H-pyrrole nitrogens is 1. The molecule has 2 aromatic heterocycles. The van der Waals surface area contributed by atoms with Gasteiger partial charge in [-0.1, -0.05) is 70.9 Å². The minimum absolute atomic E-state index is 0.0654. The normalized spacial score (nSPS) is 14.0. The number of aromatic amines is 1. The van der Waals surface area contributed by atoms with Crippen LogP contribution in [0.5, 0.6) is 0 Å². The van der Waals surface area contributed by atoms with Crippen molar-refractivity contribution in [3.05, 3.63) is 121 Å². The zero-order valence-electron chi connectivity index (χ0n) is 23.1. The molecule has 1 aromatic carbocycles. The van der Waals surface area contributed by atoms with Crippen molar-refractivity contribution in [3.63, 3.8) is 0 Å². The summed E-state index contributed by atoms with van der Waals surface area (Å²) in [5.74, 6) is 0.720. The Morgan fingerprint density at radius 3 is 2.58 bits per heavy atom. The summed E-state index contributed by atoms with van der Waals surface area (Å²) in [4.78, 5) is 12.8. The van der Waals surface area contributed by atoms with Crippen molar-refractivity contribution < 1.29 is 0 Å². The molecule has 0 saturated heterocycles. The third-order valence-electron chi connectivity index (χ3n) is 6.75. The first kappa shape index (κ1) is 26.7. The van der Waals surface area contributed by atoms with Crippen molar-refractivity contribution in [3.8, 4) is 0 Å². The molecule has 4 rings (SSSR count). The zero-order valence-corrected chi connectivity index (χ0v) is 23.1. The van der Waals surface area contributed by atoms with Crippen molar-refractivity contribution in [2.75, 3.05) is 12.4 Å². The first-order chi connectivity index (χ1) is 18.2. The lowest BCUT2D eigenvalue weighted by atomic mass is 9.92. The van der Waals surface area contributed by atoms with Gasteiger partial charge in [0.25, 0.3) is 0 Å². The molecule has 0 spiro atoms.